The molecule has 90 valence electrons. The van der Waals surface area contributed by atoms with Crippen molar-refractivity contribution in [3.8, 4) is 0 Å². The predicted molar refractivity (Wildman–Crippen MR) is 50.6 cm³/mol. The fraction of sp³-hybridized carbons (Fsp3) is 0.875. The molecule has 0 heterocycles. The van der Waals surface area contributed by atoms with Crippen molar-refractivity contribution in [3.63, 3.8) is 0 Å². The van der Waals surface area contributed by atoms with Crippen LogP contribution in [0.4, 0.5) is 17.6 Å². The van der Waals surface area contributed by atoms with Gasteiger partial charge in [0.1, 0.15) is 0 Å². The monoisotopic (exact) mass is 229 g/mol. The Morgan fingerprint density at radius 3 is 2.27 bits per heavy atom. The molecule has 0 saturated heterocycles. The highest BCUT2D eigenvalue weighted by atomic mass is 19.4. The molecule has 0 unspecified atom stereocenters. The van der Waals surface area contributed by atoms with E-state index in [1.807, 2.05) is 0 Å². The number of hydrogen-bond donors (Lipinski definition) is 2. The Kier molecular flexibility index (Phi) is 6.81. The van der Waals surface area contributed by atoms with Gasteiger partial charge in [0, 0.05) is 20.1 Å². The third-order valence-electron chi connectivity index (χ3n) is 1.53. The minimum absolute atomic E-state index is 0.237. The van der Waals surface area contributed by atoms with Crippen molar-refractivity contribution in [3.05, 3.63) is 0 Å². The Hall–Kier alpha value is -1.01. The summed E-state index contributed by atoms with van der Waals surface area (Å²) in [6, 6.07) is 0. The number of nitrogens with zero attached hydrogens (tertiary/aromatic N) is 1. The summed E-state index contributed by atoms with van der Waals surface area (Å²) in [5.41, 5.74) is 0. The molecule has 0 aliphatic carbocycles. The van der Waals surface area contributed by atoms with Gasteiger partial charge >= 0.3 is 6.18 Å². The molecule has 0 aliphatic heterocycles. The van der Waals surface area contributed by atoms with Gasteiger partial charge in [-0.2, -0.15) is 13.2 Å². The second-order valence-corrected chi connectivity index (χ2v) is 2.83. The molecule has 15 heavy (non-hydrogen) atoms. The van der Waals surface area contributed by atoms with Crippen LogP contribution < -0.4 is 10.6 Å². The summed E-state index contributed by atoms with van der Waals surface area (Å²) in [5, 5.41) is 5.17. The normalized spacial score (nSPS) is 12.7. The van der Waals surface area contributed by atoms with Crippen molar-refractivity contribution in [1.82, 2.24) is 10.6 Å². The molecular formula is C8H15F4N3. The summed E-state index contributed by atoms with van der Waals surface area (Å²) in [4.78, 5) is 3.68. The summed E-state index contributed by atoms with van der Waals surface area (Å²) in [6.07, 6.45) is -4.79. The van der Waals surface area contributed by atoms with E-state index < -0.39 is 19.3 Å². The van der Waals surface area contributed by atoms with Gasteiger partial charge in [-0.1, -0.05) is 0 Å². The molecule has 2 N–H and O–H groups in total. The number of rotatable bonds is 5. The number of hydrogen-bond acceptors (Lipinski definition) is 1. The lowest BCUT2D eigenvalue weighted by Crippen LogP contribution is -2.39. The molecule has 0 bridgehead atoms. The Labute approximate surface area is 86.0 Å². The fourth-order valence-corrected chi connectivity index (χ4v) is 0.817. The van der Waals surface area contributed by atoms with E-state index in [-0.39, 0.29) is 12.5 Å². The van der Waals surface area contributed by atoms with Crippen LogP contribution in [0.5, 0.6) is 0 Å². The third kappa shape index (κ3) is 9.30. The average molecular weight is 229 g/mol. The molecule has 0 radical (unpaired) electrons. The summed E-state index contributed by atoms with van der Waals surface area (Å²) in [5.74, 6) is 0.257. The van der Waals surface area contributed by atoms with E-state index >= 15 is 0 Å². The van der Waals surface area contributed by atoms with Crippen molar-refractivity contribution in [2.75, 3.05) is 26.8 Å². The van der Waals surface area contributed by atoms with E-state index in [1.165, 1.54) is 7.05 Å². The van der Waals surface area contributed by atoms with Gasteiger partial charge in [0.05, 0.1) is 13.1 Å². The van der Waals surface area contributed by atoms with E-state index in [1.54, 1.807) is 0 Å². The van der Waals surface area contributed by atoms with Crippen molar-refractivity contribution in [1.29, 1.82) is 0 Å². The second-order valence-electron chi connectivity index (χ2n) is 2.83. The van der Waals surface area contributed by atoms with Gasteiger partial charge in [-0.3, -0.25) is 9.38 Å². The molecular weight excluding hydrogens is 214 g/mol. The maximum atomic E-state index is 11.8. The molecule has 0 spiro atoms. The highest BCUT2D eigenvalue weighted by molar-refractivity contribution is 5.79. The minimum atomic E-state index is -4.18. The van der Waals surface area contributed by atoms with Gasteiger partial charge in [-0.05, 0) is 6.42 Å². The molecule has 0 fully saturated rings. The Morgan fingerprint density at radius 1 is 1.20 bits per heavy atom. The van der Waals surface area contributed by atoms with Gasteiger partial charge in [0.2, 0.25) is 0 Å². The van der Waals surface area contributed by atoms with E-state index in [2.05, 4.69) is 15.6 Å². The smallest absolute Gasteiger partial charge is 0.356 e. The van der Waals surface area contributed by atoms with Crippen molar-refractivity contribution in [2.24, 2.45) is 4.99 Å². The van der Waals surface area contributed by atoms with Gasteiger partial charge in [0.15, 0.2) is 5.96 Å². The summed E-state index contributed by atoms with van der Waals surface area (Å²) in [6.45, 7) is -0.354. The van der Waals surface area contributed by atoms with Crippen LogP contribution in [0.3, 0.4) is 0 Å². The lowest BCUT2D eigenvalue weighted by molar-refractivity contribution is -0.132. The van der Waals surface area contributed by atoms with E-state index in [0.29, 0.717) is 13.0 Å². The van der Waals surface area contributed by atoms with E-state index in [9.17, 15) is 17.6 Å². The molecule has 0 aromatic rings. The number of alkyl halides is 4. The number of guanidine groups is 1. The van der Waals surface area contributed by atoms with Crippen LogP contribution in [0.1, 0.15) is 12.8 Å². The van der Waals surface area contributed by atoms with Crippen molar-refractivity contribution < 1.29 is 17.6 Å². The SMILES string of the molecule is CN=C(NCCCF)NCCC(F)(F)F. The number of nitrogens with one attached hydrogen (secondary N) is 2. The lowest BCUT2D eigenvalue weighted by atomic mass is 10.4. The summed E-state index contributed by atoms with van der Waals surface area (Å²) in [7, 11) is 1.44. The first-order chi connectivity index (χ1) is 6.99. The Morgan fingerprint density at radius 2 is 1.80 bits per heavy atom. The molecule has 0 rings (SSSR count). The average Bonchev–Trinajstić information content (AvgIpc) is 2.14. The van der Waals surface area contributed by atoms with E-state index in [4.69, 9.17) is 0 Å². The van der Waals surface area contributed by atoms with E-state index in [0.717, 1.165) is 0 Å². The van der Waals surface area contributed by atoms with Crippen LogP contribution in [0.15, 0.2) is 4.99 Å². The third-order valence-corrected chi connectivity index (χ3v) is 1.53. The Bertz CT molecular complexity index is 191. The van der Waals surface area contributed by atoms with Crippen LogP contribution in [-0.4, -0.2) is 38.9 Å². The molecule has 0 saturated carbocycles. The maximum Gasteiger partial charge on any atom is 0.390 e. The quantitative estimate of drug-likeness (QED) is 0.324. The molecule has 0 aromatic heterocycles. The standard InChI is InChI=1S/C8H15F4N3/c1-13-7(14-5-2-4-9)15-6-3-8(10,11)12/h2-6H2,1H3,(H2,13,14,15). The highest BCUT2D eigenvalue weighted by Gasteiger charge is 2.26. The first kappa shape index (κ1) is 14.0. The van der Waals surface area contributed by atoms with Gasteiger partial charge in [-0.25, -0.2) is 0 Å². The fourth-order valence-electron chi connectivity index (χ4n) is 0.817. The van der Waals surface area contributed by atoms with Crippen LogP contribution in [0, 0.1) is 0 Å². The summed E-state index contributed by atoms with van der Waals surface area (Å²) < 4.78 is 47.0. The second kappa shape index (κ2) is 7.30. The largest absolute Gasteiger partial charge is 0.390 e. The zero-order valence-corrected chi connectivity index (χ0v) is 8.49. The molecule has 0 amide bonds. The Balaban J connectivity index is 3.63. The number of halogens is 4. The zero-order chi connectivity index (χ0) is 11.7. The first-order valence-electron chi connectivity index (χ1n) is 4.57. The predicted octanol–water partition coefficient (Wildman–Crippen LogP) is 1.46. The molecule has 0 aliphatic rings. The van der Waals surface area contributed by atoms with Crippen LogP contribution in [-0.2, 0) is 0 Å². The molecule has 0 atom stereocenters. The van der Waals surface area contributed by atoms with Crippen LogP contribution in [0.2, 0.25) is 0 Å². The lowest BCUT2D eigenvalue weighted by Gasteiger charge is -2.12. The van der Waals surface area contributed by atoms with Gasteiger partial charge in [-0.15, -0.1) is 0 Å². The van der Waals surface area contributed by atoms with Crippen molar-refractivity contribution in [2.45, 2.75) is 19.0 Å². The maximum absolute atomic E-state index is 11.8. The van der Waals surface area contributed by atoms with Crippen LogP contribution >= 0.6 is 0 Å². The first-order valence-corrected chi connectivity index (χ1v) is 4.57. The summed E-state index contributed by atoms with van der Waals surface area (Å²) >= 11 is 0. The molecule has 3 nitrogen and oxygen atoms in total. The van der Waals surface area contributed by atoms with Gasteiger partial charge in [0.25, 0.3) is 0 Å². The van der Waals surface area contributed by atoms with Crippen LogP contribution in [0.25, 0.3) is 0 Å². The topological polar surface area (TPSA) is 36.4 Å². The molecule has 7 heteroatoms. The van der Waals surface area contributed by atoms with Crippen molar-refractivity contribution >= 4 is 5.96 Å². The van der Waals surface area contributed by atoms with Gasteiger partial charge < -0.3 is 10.6 Å². The molecule has 0 aromatic carbocycles. The zero-order valence-electron chi connectivity index (χ0n) is 8.49. The highest BCUT2D eigenvalue weighted by Crippen LogP contribution is 2.17. The minimum Gasteiger partial charge on any atom is -0.356 e. The number of aliphatic imine (C=N–C) groups is 1.